The zero-order valence-corrected chi connectivity index (χ0v) is 13.1. The van der Waals surface area contributed by atoms with Crippen LogP contribution in [0.15, 0.2) is 24.3 Å². The van der Waals surface area contributed by atoms with E-state index < -0.39 is 0 Å². The van der Waals surface area contributed by atoms with Gasteiger partial charge in [-0.3, -0.25) is 0 Å². The topological polar surface area (TPSA) is 0 Å². The highest BCUT2D eigenvalue weighted by molar-refractivity contribution is 5.82. The Hall–Kier alpha value is -1.56. The van der Waals surface area contributed by atoms with Crippen molar-refractivity contribution in [3.05, 3.63) is 57.6 Å². The lowest BCUT2D eigenvalue weighted by atomic mass is 9.86. The molecule has 0 amide bonds. The third kappa shape index (κ3) is 1.90. The van der Waals surface area contributed by atoms with Crippen molar-refractivity contribution in [2.75, 3.05) is 0 Å². The highest BCUT2D eigenvalue weighted by Gasteiger charge is 2.25. The molecule has 0 saturated heterocycles. The molecule has 0 fully saturated rings. The zero-order chi connectivity index (χ0) is 14.3. The van der Waals surface area contributed by atoms with Crippen molar-refractivity contribution in [1.29, 1.82) is 0 Å². The number of hydrogen-bond donors (Lipinski definition) is 0. The van der Waals surface area contributed by atoms with Crippen molar-refractivity contribution in [2.24, 2.45) is 0 Å². The maximum absolute atomic E-state index is 2.32. The predicted molar refractivity (Wildman–Crippen MR) is 87.5 cm³/mol. The molecule has 1 aliphatic rings. The van der Waals surface area contributed by atoms with Gasteiger partial charge in [0.1, 0.15) is 0 Å². The Kier molecular flexibility index (Phi) is 3.41. The first-order valence-corrected chi connectivity index (χ1v) is 7.85. The minimum atomic E-state index is 1.13. The molecule has 20 heavy (non-hydrogen) atoms. The summed E-state index contributed by atoms with van der Waals surface area (Å²) in [4.78, 5) is 0. The van der Waals surface area contributed by atoms with Crippen LogP contribution in [0.2, 0.25) is 0 Å². The first-order valence-electron chi connectivity index (χ1n) is 7.85. The standard InChI is InChI=1S/C20H24/c1-5-6-10-17-14(3)13(2)15(4)20-18-11-8-7-9-16(18)12-19(17)20/h7-9,11H,5-6,10,12H2,1-4H3. The normalized spacial score (nSPS) is 12.4. The molecular weight excluding hydrogens is 240 g/mol. The molecule has 0 aromatic heterocycles. The summed E-state index contributed by atoms with van der Waals surface area (Å²) in [5.41, 5.74) is 12.3. The first kappa shape index (κ1) is 13.4. The van der Waals surface area contributed by atoms with Gasteiger partial charge in [0, 0.05) is 0 Å². The fraction of sp³-hybridized carbons (Fsp3) is 0.400. The number of hydrogen-bond acceptors (Lipinski definition) is 0. The summed E-state index contributed by atoms with van der Waals surface area (Å²) < 4.78 is 0. The maximum Gasteiger partial charge on any atom is -0.00105 e. The second-order valence-corrected chi connectivity index (χ2v) is 6.14. The van der Waals surface area contributed by atoms with Crippen molar-refractivity contribution in [3.63, 3.8) is 0 Å². The van der Waals surface area contributed by atoms with Crippen molar-refractivity contribution in [3.8, 4) is 11.1 Å². The van der Waals surface area contributed by atoms with Crippen LogP contribution in [0.25, 0.3) is 11.1 Å². The van der Waals surface area contributed by atoms with Gasteiger partial charge in [-0.25, -0.2) is 0 Å². The van der Waals surface area contributed by atoms with Crippen LogP contribution in [0, 0.1) is 20.8 Å². The van der Waals surface area contributed by atoms with E-state index >= 15 is 0 Å². The van der Waals surface area contributed by atoms with Gasteiger partial charge < -0.3 is 0 Å². The van der Waals surface area contributed by atoms with E-state index in [0.29, 0.717) is 0 Å². The third-order valence-electron chi connectivity index (χ3n) is 5.05. The quantitative estimate of drug-likeness (QED) is 0.584. The Bertz CT molecular complexity index is 662. The summed E-state index contributed by atoms with van der Waals surface area (Å²) in [6, 6.07) is 8.94. The highest BCUT2D eigenvalue weighted by Crippen LogP contribution is 2.43. The van der Waals surface area contributed by atoms with Gasteiger partial charge in [0.2, 0.25) is 0 Å². The van der Waals surface area contributed by atoms with E-state index in [-0.39, 0.29) is 0 Å². The summed E-state index contributed by atoms with van der Waals surface area (Å²) in [6.45, 7) is 9.19. The molecule has 0 unspecified atom stereocenters. The summed E-state index contributed by atoms with van der Waals surface area (Å²) in [7, 11) is 0. The van der Waals surface area contributed by atoms with Crippen LogP contribution in [0.4, 0.5) is 0 Å². The van der Waals surface area contributed by atoms with Gasteiger partial charge in [0.25, 0.3) is 0 Å². The molecule has 1 aliphatic carbocycles. The van der Waals surface area contributed by atoms with E-state index in [4.69, 9.17) is 0 Å². The Morgan fingerprint density at radius 1 is 0.950 bits per heavy atom. The van der Waals surface area contributed by atoms with Crippen LogP contribution in [0.3, 0.4) is 0 Å². The largest absolute Gasteiger partial charge is 0.0654 e. The van der Waals surface area contributed by atoms with Gasteiger partial charge in [-0.2, -0.15) is 0 Å². The van der Waals surface area contributed by atoms with E-state index in [9.17, 15) is 0 Å². The molecule has 0 spiro atoms. The first-order chi connectivity index (χ1) is 9.65. The van der Waals surface area contributed by atoms with Gasteiger partial charge in [-0.1, -0.05) is 37.6 Å². The summed E-state index contributed by atoms with van der Waals surface area (Å²) in [5.74, 6) is 0. The number of fused-ring (bicyclic) bond motifs is 3. The number of unbranched alkanes of at least 4 members (excludes halogenated alkanes) is 1. The summed E-state index contributed by atoms with van der Waals surface area (Å²) >= 11 is 0. The molecule has 0 atom stereocenters. The lowest BCUT2D eigenvalue weighted by Gasteiger charge is -2.18. The summed E-state index contributed by atoms with van der Waals surface area (Å²) in [5, 5.41) is 0. The third-order valence-corrected chi connectivity index (χ3v) is 5.05. The molecular formula is C20H24. The van der Waals surface area contributed by atoms with Crippen LogP contribution >= 0.6 is 0 Å². The van der Waals surface area contributed by atoms with Crippen LogP contribution in [0.1, 0.15) is 53.1 Å². The van der Waals surface area contributed by atoms with E-state index in [1.165, 1.54) is 52.6 Å². The average molecular weight is 264 g/mol. The lowest BCUT2D eigenvalue weighted by molar-refractivity contribution is 0.784. The van der Waals surface area contributed by atoms with Crippen molar-refractivity contribution in [2.45, 2.75) is 53.4 Å². The predicted octanol–water partition coefficient (Wildman–Crippen LogP) is 5.53. The molecule has 0 aliphatic heterocycles. The molecule has 0 heteroatoms. The van der Waals surface area contributed by atoms with Crippen LogP contribution in [0.5, 0.6) is 0 Å². The Balaban J connectivity index is 2.24. The molecule has 0 heterocycles. The van der Waals surface area contributed by atoms with Gasteiger partial charge >= 0.3 is 0 Å². The van der Waals surface area contributed by atoms with Crippen molar-refractivity contribution in [1.82, 2.24) is 0 Å². The fourth-order valence-corrected chi connectivity index (χ4v) is 3.66. The molecule has 0 nitrogen and oxygen atoms in total. The SMILES string of the molecule is CCCCc1c(C)c(C)c(C)c2c1Cc1ccccc1-2. The minimum Gasteiger partial charge on any atom is -0.0654 e. The monoisotopic (exact) mass is 264 g/mol. The van der Waals surface area contributed by atoms with Crippen LogP contribution < -0.4 is 0 Å². The van der Waals surface area contributed by atoms with Crippen LogP contribution in [-0.2, 0) is 12.8 Å². The number of benzene rings is 2. The second kappa shape index (κ2) is 5.09. The van der Waals surface area contributed by atoms with E-state index in [0.717, 1.165) is 6.42 Å². The molecule has 0 bridgehead atoms. The average Bonchev–Trinajstić information content (AvgIpc) is 2.84. The van der Waals surface area contributed by atoms with Gasteiger partial charge in [-0.05, 0) is 84.5 Å². The molecule has 2 aromatic carbocycles. The Morgan fingerprint density at radius 2 is 1.70 bits per heavy atom. The number of rotatable bonds is 3. The molecule has 0 saturated carbocycles. The van der Waals surface area contributed by atoms with Crippen LogP contribution in [-0.4, -0.2) is 0 Å². The lowest BCUT2D eigenvalue weighted by Crippen LogP contribution is -2.02. The molecule has 104 valence electrons. The van der Waals surface area contributed by atoms with Crippen molar-refractivity contribution >= 4 is 0 Å². The van der Waals surface area contributed by atoms with E-state index in [1.807, 2.05) is 0 Å². The van der Waals surface area contributed by atoms with Gasteiger partial charge in [0.05, 0.1) is 0 Å². The molecule has 3 rings (SSSR count). The highest BCUT2D eigenvalue weighted by atomic mass is 14.3. The smallest absolute Gasteiger partial charge is 0.00105 e. The fourth-order valence-electron chi connectivity index (χ4n) is 3.66. The molecule has 0 N–H and O–H groups in total. The molecule has 0 radical (unpaired) electrons. The van der Waals surface area contributed by atoms with E-state index in [2.05, 4.69) is 52.0 Å². The van der Waals surface area contributed by atoms with Gasteiger partial charge in [-0.15, -0.1) is 0 Å². The second-order valence-electron chi connectivity index (χ2n) is 6.14. The Labute approximate surface area is 122 Å². The minimum absolute atomic E-state index is 1.13. The zero-order valence-electron chi connectivity index (χ0n) is 13.1. The maximum atomic E-state index is 2.32. The van der Waals surface area contributed by atoms with E-state index in [1.54, 1.807) is 11.1 Å². The summed E-state index contributed by atoms with van der Waals surface area (Å²) in [6.07, 6.45) is 4.94. The van der Waals surface area contributed by atoms with Gasteiger partial charge in [0.15, 0.2) is 0 Å². The van der Waals surface area contributed by atoms with Crippen molar-refractivity contribution < 1.29 is 0 Å². The Morgan fingerprint density at radius 3 is 2.45 bits per heavy atom. The molecule has 2 aromatic rings.